The van der Waals surface area contributed by atoms with Crippen LogP contribution in [0.2, 0.25) is 0 Å². The van der Waals surface area contributed by atoms with E-state index in [1.54, 1.807) is 42.2 Å². The molecule has 2 amide bonds. The molecule has 0 aliphatic heterocycles. The molecule has 242 valence electrons. The number of fused-ring (bicyclic) bond motifs is 1. The molecule has 4 rings (SSSR count). The van der Waals surface area contributed by atoms with E-state index in [1.165, 1.54) is 16.2 Å². The van der Waals surface area contributed by atoms with Gasteiger partial charge in [0.1, 0.15) is 16.2 Å². The van der Waals surface area contributed by atoms with Gasteiger partial charge >= 0.3 is 6.09 Å². The molecule has 3 N–H and O–H groups in total. The summed E-state index contributed by atoms with van der Waals surface area (Å²) in [5.74, 6) is 0.962. The molecule has 3 heterocycles. The van der Waals surface area contributed by atoms with Crippen LogP contribution >= 0.6 is 0 Å². The molecule has 0 saturated heterocycles. The van der Waals surface area contributed by atoms with Crippen molar-refractivity contribution in [2.75, 3.05) is 42.7 Å². The molecule has 45 heavy (non-hydrogen) atoms. The Morgan fingerprint density at radius 1 is 1.02 bits per heavy atom. The Bertz CT molecular complexity index is 1690. The highest BCUT2D eigenvalue weighted by molar-refractivity contribution is 7.91. The molecule has 0 bridgehead atoms. The van der Waals surface area contributed by atoms with Crippen LogP contribution in [0.3, 0.4) is 0 Å². The van der Waals surface area contributed by atoms with Crippen LogP contribution < -0.4 is 20.9 Å². The fourth-order valence-corrected chi connectivity index (χ4v) is 6.27. The molecular weight excluding hydrogens is 596 g/mol. The minimum Gasteiger partial charge on any atom is -0.444 e. The van der Waals surface area contributed by atoms with E-state index < -0.39 is 32.4 Å². The van der Waals surface area contributed by atoms with Crippen molar-refractivity contribution in [3.05, 3.63) is 60.3 Å². The second-order valence-electron chi connectivity index (χ2n) is 12.3. The van der Waals surface area contributed by atoms with E-state index >= 15 is 0 Å². The van der Waals surface area contributed by atoms with Gasteiger partial charge in [0.25, 0.3) is 5.91 Å². The van der Waals surface area contributed by atoms with Gasteiger partial charge in [-0.2, -0.15) is 0 Å². The molecule has 0 radical (unpaired) electrons. The van der Waals surface area contributed by atoms with Crippen LogP contribution in [0.5, 0.6) is 0 Å². The highest BCUT2D eigenvalue weighted by Gasteiger charge is 2.41. The molecule has 0 aromatic carbocycles. The number of alkyl carbamates (subject to hydrolysis) is 1. The Labute approximate surface area is 264 Å². The number of rotatable bonds is 12. The number of amides is 2. The summed E-state index contributed by atoms with van der Waals surface area (Å²) in [5, 5.41) is 17.5. The van der Waals surface area contributed by atoms with E-state index in [9.17, 15) is 18.0 Å². The molecular formula is C31H42N8O5S. The van der Waals surface area contributed by atoms with Gasteiger partial charge < -0.3 is 25.6 Å². The summed E-state index contributed by atoms with van der Waals surface area (Å²) in [7, 11) is -0.361. The van der Waals surface area contributed by atoms with Gasteiger partial charge in [0.15, 0.2) is 17.3 Å². The number of unbranched alkanes of at least 4 members (excludes halogenated alkanes) is 2. The second kappa shape index (κ2) is 13.7. The van der Waals surface area contributed by atoms with Crippen molar-refractivity contribution < 1.29 is 22.7 Å². The Balaban J connectivity index is 1.39. The van der Waals surface area contributed by atoms with Crippen LogP contribution in [0.25, 0.3) is 11.0 Å². The van der Waals surface area contributed by atoms with Gasteiger partial charge in [-0.1, -0.05) is 12.2 Å². The first kappa shape index (κ1) is 33.4. The lowest BCUT2D eigenvalue weighted by atomic mass is 9.96. The molecule has 3 aromatic rings. The maximum Gasteiger partial charge on any atom is 0.407 e. The van der Waals surface area contributed by atoms with Crippen molar-refractivity contribution in [3.63, 3.8) is 0 Å². The first-order valence-corrected chi connectivity index (χ1v) is 16.3. The summed E-state index contributed by atoms with van der Waals surface area (Å²) in [6.45, 7) is 8.21. The number of carbonyl (C=O) groups excluding carboxylic acids is 2. The van der Waals surface area contributed by atoms with Gasteiger partial charge in [0.05, 0.1) is 0 Å². The number of allylic oxidation sites excluding steroid dienone is 1. The quantitative estimate of drug-likeness (QED) is 0.242. The predicted molar refractivity (Wildman–Crippen MR) is 176 cm³/mol. The molecule has 0 saturated carbocycles. The molecule has 0 spiro atoms. The van der Waals surface area contributed by atoms with Gasteiger partial charge in [0, 0.05) is 44.3 Å². The average molecular weight is 639 g/mol. The number of nitrogens with zero attached hydrogens (tertiary/aromatic N) is 5. The van der Waals surface area contributed by atoms with Crippen molar-refractivity contribution in [1.29, 1.82) is 0 Å². The third-order valence-corrected chi connectivity index (χ3v) is 9.35. The number of carbonyl (C=O) groups is 2. The third-order valence-electron chi connectivity index (χ3n) is 7.07. The Kier molecular flexibility index (Phi) is 10.2. The van der Waals surface area contributed by atoms with Gasteiger partial charge in [-0.05, 0) is 89.8 Å². The number of anilines is 3. The Hall–Kier alpha value is -4.46. The van der Waals surface area contributed by atoms with Crippen LogP contribution in [0.15, 0.2) is 60.3 Å². The van der Waals surface area contributed by atoms with E-state index in [1.807, 2.05) is 47.0 Å². The van der Waals surface area contributed by atoms with Gasteiger partial charge in [0.2, 0.25) is 10.0 Å². The monoisotopic (exact) mass is 638 g/mol. The maximum absolute atomic E-state index is 14.0. The summed E-state index contributed by atoms with van der Waals surface area (Å²) >= 11 is 0. The van der Waals surface area contributed by atoms with Crippen LogP contribution in [-0.4, -0.2) is 77.1 Å². The van der Waals surface area contributed by atoms with Crippen molar-refractivity contribution in [1.82, 2.24) is 24.5 Å². The van der Waals surface area contributed by atoms with Crippen LogP contribution in [0.1, 0.15) is 53.4 Å². The number of pyridine rings is 1. The molecule has 14 heteroatoms. The molecule has 3 aromatic heterocycles. The van der Waals surface area contributed by atoms with E-state index in [0.29, 0.717) is 35.8 Å². The zero-order valence-corrected chi connectivity index (χ0v) is 27.4. The second-order valence-corrected chi connectivity index (χ2v) is 14.6. The molecule has 1 atom stereocenters. The average Bonchev–Trinajstić information content (AvgIpc) is 3.40. The lowest BCUT2D eigenvalue weighted by Gasteiger charge is -2.28. The topological polar surface area (TPSA) is 160 Å². The SMILES string of the molecule is CN(C)c1ccc(NC(=O)C2=CC(C)(S(=O)(=O)n3ccc4ccc(NCCCCCNC(=O)OC(C)(C)C)nc43)CC=C2)nn1. The zero-order chi connectivity index (χ0) is 32.8. The predicted octanol–water partition coefficient (Wildman–Crippen LogP) is 4.46. The minimum atomic E-state index is -4.03. The number of ether oxygens (including phenoxy) is 1. The van der Waals surface area contributed by atoms with E-state index in [2.05, 4.69) is 31.1 Å². The highest BCUT2D eigenvalue weighted by Crippen LogP contribution is 2.33. The maximum atomic E-state index is 14.0. The fourth-order valence-electron chi connectivity index (χ4n) is 4.65. The molecule has 0 fully saturated rings. The first-order chi connectivity index (χ1) is 21.2. The van der Waals surface area contributed by atoms with Crippen LogP contribution in [0, 0.1) is 0 Å². The van der Waals surface area contributed by atoms with Crippen molar-refractivity contribution in [2.45, 2.75) is 63.7 Å². The van der Waals surface area contributed by atoms with Gasteiger partial charge in [-0.3, -0.25) is 4.79 Å². The smallest absolute Gasteiger partial charge is 0.407 e. The number of nitrogens with one attached hydrogen (secondary N) is 3. The van der Waals surface area contributed by atoms with Gasteiger partial charge in [-0.25, -0.2) is 22.2 Å². The van der Waals surface area contributed by atoms with Crippen molar-refractivity contribution in [2.24, 2.45) is 0 Å². The van der Waals surface area contributed by atoms with E-state index in [0.717, 1.165) is 19.3 Å². The Morgan fingerprint density at radius 2 is 1.76 bits per heavy atom. The number of hydrogen-bond acceptors (Lipinski definition) is 10. The normalized spacial score (nSPS) is 16.6. The lowest BCUT2D eigenvalue weighted by molar-refractivity contribution is -0.112. The van der Waals surface area contributed by atoms with E-state index in [-0.39, 0.29) is 17.8 Å². The van der Waals surface area contributed by atoms with Gasteiger partial charge in [-0.15, -0.1) is 10.2 Å². The largest absolute Gasteiger partial charge is 0.444 e. The summed E-state index contributed by atoms with van der Waals surface area (Å²) in [6.07, 6.45) is 8.52. The number of hydrogen-bond donors (Lipinski definition) is 3. The van der Waals surface area contributed by atoms with Crippen LogP contribution in [0.4, 0.5) is 22.2 Å². The number of aromatic nitrogens is 4. The lowest BCUT2D eigenvalue weighted by Crippen LogP contribution is -2.39. The summed E-state index contributed by atoms with van der Waals surface area (Å²) in [6, 6.07) is 8.70. The summed E-state index contributed by atoms with van der Waals surface area (Å²) in [4.78, 5) is 31.2. The van der Waals surface area contributed by atoms with E-state index in [4.69, 9.17) is 4.74 Å². The van der Waals surface area contributed by atoms with Crippen molar-refractivity contribution >= 4 is 50.5 Å². The minimum absolute atomic E-state index is 0.184. The molecule has 1 aliphatic carbocycles. The summed E-state index contributed by atoms with van der Waals surface area (Å²) < 4.78 is 33.1. The summed E-state index contributed by atoms with van der Waals surface area (Å²) in [5.41, 5.74) is -0.0231. The zero-order valence-electron chi connectivity index (χ0n) is 26.6. The highest BCUT2D eigenvalue weighted by atomic mass is 32.2. The standard InChI is InChI=1S/C31H42N8O5S/c1-30(2,3)44-29(41)33-19-9-7-8-18-32-24-13-12-22-16-20-39(27(22)34-24)45(42,43)31(4)17-10-11-23(21-31)28(40)35-25-14-15-26(37-36-25)38(5)6/h10-16,20-21H,7-9,17-19H2,1-6H3,(H,32,34)(H,33,41)(H,35,36,40). The third kappa shape index (κ3) is 8.38. The van der Waals surface area contributed by atoms with Crippen molar-refractivity contribution in [3.8, 4) is 0 Å². The Morgan fingerprint density at radius 3 is 2.44 bits per heavy atom. The van der Waals surface area contributed by atoms with Crippen LogP contribution in [-0.2, 0) is 19.6 Å². The molecule has 1 aliphatic rings. The molecule has 1 unspecified atom stereocenters. The molecule has 13 nitrogen and oxygen atoms in total. The first-order valence-electron chi connectivity index (χ1n) is 14.8. The fraction of sp³-hybridized carbons (Fsp3) is 0.452.